The van der Waals surface area contributed by atoms with Crippen molar-refractivity contribution in [2.24, 2.45) is 0 Å². The Bertz CT molecular complexity index is 949. The Hall–Kier alpha value is -2.70. The number of hydrogen-bond donors (Lipinski definition) is 1. The Balaban J connectivity index is 1.63. The van der Waals surface area contributed by atoms with Gasteiger partial charge in [-0.05, 0) is 50.3 Å². The summed E-state index contributed by atoms with van der Waals surface area (Å²) in [5, 5.41) is 0.138. The molecule has 0 spiro atoms. The SMILES string of the molecule is O=C([C@@H]1CCCN1C(=O)c1c[nH]c2ccc(F)cc2c1=O)N1CCCCC1. The van der Waals surface area contributed by atoms with Gasteiger partial charge in [0.15, 0.2) is 0 Å². The fourth-order valence-corrected chi connectivity index (χ4v) is 4.10. The van der Waals surface area contributed by atoms with Crippen molar-refractivity contribution in [1.29, 1.82) is 0 Å². The smallest absolute Gasteiger partial charge is 0.260 e. The fourth-order valence-electron chi connectivity index (χ4n) is 4.10. The number of halogens is 1. The van der Waals surface area contributed by atoms with Crippen LogP contribution in [-0.4, -0.2) is 52.3 Å². The molecule has 2 saturated heterocycles. The second-order valence-corrected chi connectivity index (χ2v) is 7.26. The third-order valence-electron chi connectivity index (χ3n) is 5.54. The molecule has 2 aliphatic heterocycles. The first kappa shape index (κ1) is 17.7. The van der Waals surface area contributed by atoms with E-state index in [1.54, 1.807) is 0 Å². The van der Waals surface area contributed by atoms with Gasteiger partial charge in [-0.1, -0.05) is 0 Å². The van der Waals surface area contributed by atoms with Crippen LogP contribution in [0.2, 0.25) is 0 Å². The molecular formula is C20H22FN3O3. The number of benzene rings is 1. The Labute approximate surface area is 156 Å². The maximum absolute atomic E-state index is 13.5. The van der Waals surface area contributed by atoms with Crippen molar-refractivity contribution in [3.8, 4) is 0 Å². The highest BCUT2D eigenvalue weighted by molar-refractivity contribution is 6.00. The molecule has 0 unspecified atom stereocenters. The predicted octanol–water partition coefficient (Wildman–Crippen LogP) is 2.28. The van der Waals surface area contributed by atoms with Gasteiger partial charge in [0.25, 0.3) is 5.91 Å². The van der Waals surface area contributed by atoms with Gasteiger partial charge < -0.3 is 14.8 Å². The van der Waals surface area contributed by atoms with Crippen molar-refractivity contribution in [3.05, 3.63) is 46.0 Å². The third-order valence-corrected chi connectivity index (χ3v) is 5.54. The van der Waals surface area contributed by atoms with Gasteiger partial charge in [0, 0.05) is 36.7 Å². The van der Waals surface area contributed by atoms with Gasteiger partial charge in [-0.25, -0.2) is 4.39 Å². The lowest BCUT2D eigenvalue weighted by Gasteiger charge is -2.32. The average molecular weight is 371 g/mol. The number of nitrogens with zero attached hydrogens (tertiary/aromatic N) is 2. The molecule has 7 heteroatoms. The van der Waals surface area contributed by atoms with Crippen molar-refractivity contribution < 1.29 is 14.0 Å². The number of nitrogens with one attached hydrogen (secondary N) is 1. The number of fused-ring (bicyclic) bond motifs is 1. The minimum absolute atomic E-state index is 0.0242. The first-order valence-corrected chi connectivity index (χ1v) is 9.47. The summed E-state index contributed by atoms with van der Waals surface area (Å²) in [6.07, 6.45) is 5.81. The molecule has 1 aromatic carbocycles. The van der Waals surface area contributed by atoms with Gasteiger partial charge in [0.2, 0.25) is 11.3 Å². The van der Waals surface area contributed by atoms with Crippen LogP contribution in [0.4, 0.5) is 4.39 Å². The molecule has 2 fully saturated rings. The molecule has 2 aliphatic rings. The lowest BCUT2D eigenvalue weighted by atomic mass is 10.1. The van der Waals surface area contributed by atoms with Crippen LogP contribution >= 0.6 is 0 Å². The van der Waals surface area contributed by atoms with Crippen molar-refractivity contribution >= 4 is 22.7 Å². The lowest BCUT2D eigenvalue weighted by Crippen LogP contribution is -2.49. The van der Waals surface area contributed by atoms with Gasteiger partial charge in [0.1, 0.15) is 17.4 Å². The fraction of sp³-hybridized carbons (Fsp3) is 0.450. The zero-order valence-corrected chi connectivity index (χ0v) is 15.0. The van der Waals surface area contributed by atoms with E-state index in [1.807, 2.05) is 4.90 Å². The number of likely N-dealkylation sites (tertiary alicyclic amines) is 2. The van der Waals surface area contributed by atoms with E-state index in [0.717, 1.165) is 44.8 Å². The van der Waals surface area contributed by atoms with Crippen molar-refractivity contribution in [2.45, 2.75) is 38.1 Å². The summed E-state index contributed by atoms with van der Waals surface area (Å²) in [7, 11) is 0. The number of pyridine rings is 1. The second kappa shape index (κ2) is 7.13. The van der Waals surface area contributed by atoms with Crippen molar-refractivity contribution in [1.82, 2.24) is 14.8 Å². The van der Waals surface area contributed by atoms with Gasteiger partial charge in [0.05, 0.1) is 0 Å². The first-order chi connectivity index (χ1) is 13.1. The van der Waals surface area contributed by atoms with E-state index in [2.05, 4.69) is 4.98 Å². The molecule has 2 amide bonds. The largest absolute Gasteiger partial charge is 0.360 e. The molecule has 4 rings (SSSR count). The van der Waals surface area contributed by atoms with Crippen molar-refractivity contribution in [3.63, 3.8) is 0 Å². The first-order valence-electron chi connectivity index (χ1n) is 9.47. The van der Waals surface area contributed by atoms with E-state index >= 15 is 0 Å². The minimum Gasteiger partial charge on any atom is -0.360 e. The van der Waals surface area contributed by atoms with Gasteiger partial charge in [-0.2, -0.15) is 0 Å². The number of rotatable bonds is 2. The number of piperidine rings is 1. The van der Waals surface area contributed by atoms with Crippen LogP contribution in [0, 0.1) is 5.82 Å². The molecule has 0 bridgehead atoms. The Morgan fingerprint density at radius 2 is 1.85 bits per heavy atom. The van der Waals surface area contributed by atoms with Crippen LogP contribution in [0.1, 0.15) is 42.5 Å². The summed E-state index contributed by atoms with van der Waals surface area (Å²) in [6.45, 7) is 1.91. The van der Waals surface area contributed by atoms with Crippen LogP contribution in [0.5, 0.6) is 0 Å². The molecule has 6 nitrogen and oxygen atoms in total. The van der Waals surface area contributed by atoms with E-state index in [4.69, 9.17) is 0 Å². The highest BCUT2D eigenvalue weighted by Crippen LogP contribution is 2.23. The van der Waals surface area contributed by atoms with Crippen molar-refractivity contribution in [2.75, 3.05) is 19.6 Å². The van der Waals surface area contributed by atoms with Crippen LogP contribution < -0.4 is 5.43 Å². The summed E-state index contributed by atoms with van der Waals surface area (Å²) >= 11 is 0. The number of hydrogen-bond acceptors (Lipinski definition) is 3. The predicted molar refractivity (Wildman–Crippen MR) is 99.0 cm³/mol. The maximum Gasteiger partial charge on any atom is 0.260 e. The van der Waals surface area contributed by atoms with E-state index in [0.29, 0.717) is 18.5 Å². The molecule has 0 radical (unpaired) electrons. The highest BCUT2D eigenvalue weighted by Gasteiger charge is 2.37. The normalized spacial score (nSPS) is 20.3. The average Bonchev–Trinajstić information content (AvgIpc) is 3.18. The summed E-state index contributed by atoms with van der Waals surface area (Å²) in [5.41, 5.74) is -0.0870. The van der Waals surface area contributed by atoms with E-state index in [-0.39, 0.29) is 16.9 Å². The highest BCUT2D eigenvalue weighted by atomic mass is 19.1. The molecule has 1 N–H and O–H groups in total. The molecule has 142 valence electrons. The molecular weight excluding hydrogens is 349 g/mol. The van der Waals surface area contributed by atoms with Gasteiger partial charge in [-0.3, -0.25) is 14.4 Å². The monoisotopic (exact) mass is 371 g/mol. The topological polar surface area (TPSA) is 73.5 Å². The second-order valence-electron chi connectivity index (χ2n) is 7.26. The third kappa shape index (κ3) is 3.22. The summed E-state index contributed by atoms with van der Waals surface area (Å²) in [4.78, 5) is 44.9. The van der Waals surface area contributed by atoms with E-state index in [1.165, 1.54) is 23.2 Å². The number of carbonyl (C=O) groups is 2. The van der Waals surface area contributed by atoms with Crippen LogP contribution in [0.3, 0.4) is 0 Å². The Morgan fingerprint density at radius 1 is 1.07 bits per heavy atom. The standard InChI is InChI=1S/C20H22FN3O3/c21-13-6-7-16-14(11-13)18(25)15(12-22-16)19(26)24-10-4-5-17(24)20(27)23-8-2-1-3-9-23/h6-7,11-12,17H,1-5,8-10H2,(H,22,25)/t17-/m0/s1. The Kier molecular flexibility index (Phi) is 4.68. The Morgan fingerprint density at radius 3 is 2.63 bits per heavy atom. The molecule has 1 aromatic heterocycles. The zero-order chi connectivity index (χ0) is 19.0. The quantitative estimate of drug-likeness (QED) is 0.880. The summed E-state index contributed by atoms with van der Waals surface area (Å²) in [6, 6.07) is 3.34. The van der Waals surface area contributed by atoms with E-state index < -0.39 is 23.2 Å². The maximum atomic E-state index is 13.5. The van der Waals surface area contributed by atoms with Gasteiger partial charge >= 0.3 is 0 Å². The summed E-state index contributed by atoms with van der Waals surface area (Å²) < 4.78 is 13.5. The molecule has 0 aliphatic carbocycles. The van der Waals surface area contributed by atoms with Crippen LogP contribution in [-0.2, 0) is 4.79 Å². The number of carbonyl (C=O) groups excluding carboxylic acids is 2. The number of aromatic amines is 1. The number of H-pyrrole nitrogens is 1. The number of amides is 2. The molecule has 3 heterocycles. The molecule has 2 aromatic rings. The summed E-state index contributed by atoms with van der Waals surface area (Å²) in [5.74, 6) is -1.02. The zero-order valence-electron chi connectivity index (χ0n) is 15.0. The van der Waals surface area contributed by atoms with Crippen LogP contribution in [0.15, 0.2) is 29.2 Å². The molecule has 1 atom stereocenters. The van der Waals surface area contributed by atoms with Crippen LogP contribution in [0.25, 0.3) is 10.9 Å². The molecule has 0 saturated carbocycles. The van der Waals surface area contributed by atoms with E-state index in [9.17, 15) is 18.8 Å². The number of aromatic nitrogens is 1. The molecule has 27 heavy (non-hydrogen) atoms. The van der Waals surface area contributed by atoms with Gasteiger partial charge in [-0.15, -0.1) is 0 Å². The minimum atomic E-state index is -0.531. The lowest BCUT2D eigenvalue weighted by molar-refractivity contribution is -0.136.